The lowest BCUT2D eigenvalue weighted by Crippen LogP contribution is -2.71. The highest BCUT2D eigenvalue weighted by Crippen LogP contribution is 2.70. The normalized spacial score (nSPS) is 54.2. The second kappa shape index (κ2) is 5.16. The van der Waals surface area contributed by atoms with Crippen molar-refractivity contribution in [2.45, 2.75) is 64.3 Å². The molecule has 2 bridgehead atoms. The van der Waals surface area contributed by atoms with Gasteiger partial charge in [0.25, 0.3) is 0 Å². The van der Waals surface area contributed by atoms with Gasteiger partial charge in [-0.3, -0.25) is 4.79 Å². The van der Waals surface area contributed by atoms with Crippen LogP contribution in [0.25, 0.3) is 0 Å². The SMILES string of the molecule is C=C1C(=O)[C@@]23[C@H](O)C[C@@H]4C(C)(C)CC[C@H](O)[C@@]4(CO)[C@@H]2CCC1[C@@H]3O. The number of rotatable bonds is 1. The van der Waals surface area contributed by atoms with Gasteiger partial charge in [-0.05, 0) is 54.9 Å². The van der Waals surface area contributed by atoms with Crippen LogP contribution in [0.15, 0.2) is 12.2 Å². The fourth-order valence-electron chi connectivity index (χ4n) is 7.35. The van der Waals surface area contributed by atoms with E-state index in [0.29, 0.717) is 31.3 Å². The zero-order valence-electron chi connectivity index (χ0n) is 15.1. The van der Waals surface area contributed by atoms with Crippen LogP contribution in [0.5, 0.6) is 0 Å². The summed E-state index contributed by atoms with van der Waals surface area (Å²) >= 11 is 0. The second-order valence-electron chi connectivity index (χ2n) is 9.59. The first-order chi connectivity index (χ1) is 11.7. The molecule has 140 valence electrons. The molecular weight excluding hydrogens is 320 g/mol. The number of Topliss-reactive ketones (excluding diaryl/α,β-unsaturated/α-hetero) is 1. The van der Waals surface area contributed by atoms with Crippen LogP contribution in [0.3, 0.4) is 0 Å². The molecule has 5 nitrogen and oxygen atoms in total. The number of ketones is 1. The van der Waals surface area contributed by atoms with Crippen molar-refractivity contribution >= 4 is 5.78 Å². The molecule has 0 radical (unpaired) electrons. The van der Waals surface area contributed by atoms with E-state index in [4.69, 9.17) is 0 Å². The number of hydrogen-bond acceptors (Lipinski definition) is 5. The first kappa shape index (κ1) is 17.7. The molecule has 4 saturated carbocycles. The van der Waals surface area contributed by atoms with Gasteiger partial charge in [0.05, 0.1) is 30.3 Å². The number of aliphatic hydroxyl groups excluding tert-OH is 4. The highest BCUT2D eigenvalue weighted by atomic mass is 16.3. The number of carbonyl (C=O) groups excluding carboxylic acids is 1. The molecule has 0 saturated heterocycles. The summed E-state index contributed by atoms with van der Waals surface area (Å²) in [5, 5.41) is 43.7. The number of hydrogen-bond donors (Lipinski definition) is 4. The smallest absolute Gasteiger partial charge is 0.170 e. The van der Waals surface area contributed by atoms with Crippen molar-refractivity contribution in [2.75, 3.05) is 6.61 Å². The van der Waals surface area contributed by atoms with E-state index in [1.54, 1.807) is 0 Å². The third kappa shape index (κ3) is 1.76. The molecule has 0 heterocycles. The molecule has 0 aromatic carbocycles. The Morgan fingerprint density at radius 3 is 2.40 bits per heavy atom. The van der Waals surface area contributed by atoms with Crippen molar-refractivity contribution in [3.05, 3.63) is 12.2 Å². The Labute approximate surface area is 148 Å². The lowest BCUT2D eigenvalue weighted by molar-refractivity contribution is -0.267. The molecule has 1 spiro atoms. The van der Waals surface area contributed by atoms with Crippen molar-refractivity contribution in [1.82, 2.24) is 0 Å². The zero-order valence-corrected chi connectivity index (χ0v) is 15.1. The van der Waals surface area contributed by atoms with Gasteiger partial charge in [-0.2, -0.15) is 0 Å². The second-order valence-corrected chi connectivity index (χ2v) is 9.59. The minimum atomic E-state index is -1.31. The van der Waals surface area contributed by atoms with Crippen LogP contribution >= 0.6 is 0 Å². The molecule has 5 heteroatoms. The summed E-state index contributed by atoms with van der Waals surface area (Å²) in [6, 6.07) is 0. The minimum Gasteiger partial charge on any atom is -0.396 e. The third-order valence-corrected chi connectivity index (χ3v) is 8.55. The highest BCUT2D eigenvalue weighted by Gasteiger charge is 2.76. The van der Waals surface area contributed by atoms with Crippen LogP contribution in [-0.2, 0) is 4.79 Å². The van der Waals surface area contributed by atoms with Gasteiger partial charge >= 0.3 is 0 Å². The predicted octanol–water partition coefficient (Wildman–Crippen LogP) is 1.04. The summed E-state index contributed by atoms with van der Waals surface area (Å²) in [6.45, 7) is 7.92. The van der Waals surface area contributed by atoms with E-state index in [0.717, 1.165) is 6.42 Å². The Kier molecular flexibility index (Phi) is 3.64. The zero-order chi connectivity index (χ0) is 18.4. The van der Waals surface area contributed by atoms with E-state index in [9.17, 15) is 25.2 Å². The number of aliphatic hydroxyl groups is 4. The van der Waals surface area contributed by atoms with Crippen molar-refractivity contribution < 1.29 is 25.2 Å². The number of carbonyl (C=O) groups is 1. The van der Waals surface area contributed by atoms with Gasteiger partial charge < -0.3 is 20.4 Å². The van der Waals surface area contributed by atoms with E-state index in [1.165, 1.54) is 0 Å². The molecule has 0 aromatic heterocycles. The fraction of sp³-hybridized carbons (Fsp3) is 0.850. The van der Waals surface area contributed by atoms with Crippen LogP contribution in [0.4, 0.5) is 0 Å². The quantitative estimate of drug-likeness (QED) is 0.530. The maximum absolute atomic E-state index is 13.2. The van der Waals surface area contributed by atoms with Gasteiger partial charge in [0.2, 0.25) is 0 Å². The summed E-state index contributed by atoms with van der Waals surface area (Å²) in [6.07, 6.45) is 0.291. The van der Waals surface area contributed by atoms with Crippen LogP contribution in [0.2, 0.25) is 0 Å². The van der Waals surface area contributed by atoms with Crippen LogP contribution in [0, 0.1) is 34.0 Å². The molecular formula is C20H30O5. The Morgan fingerprint density at radius 2 is 1.76 bits per heavy atom. The molecule has 1 unspecified atom stereocenters. The first-order valence-electron chi connectivity index (χ1n) is 9.54. The van der Waals surface area contributed by atoms with E-state index in [-0.39, 0.29) is 29.6 Å². The van der Waals surface area contributed by atoms with E-state index >= 15 is 0 Å². The summed E-state index contributed by atoms with van der Waals surface area (Å²) in [7, 11) is 0. The molecule has 4 aliphatic rings. The van der Waals surface area contributed by atoms with E-state index in [2.05, 4.69) is 20.4 Å². The van der Waals surface area contributed by atoms with Crippen molar-refractivity contribution in [2.24, 2.45) is 34.0 Å². The Bertz CT molecular complexity index is 628. The molecule has 8 atom stereocenters. The van der Waals surface area contributed by atoms with Gasteiger partial charge in [-0.15, -0.1) is 0 Å². The van der Waals surface area contributed by atoms with Gasteiger partial charge in [0.15, 0.2) is 5.78 Å². The standard InChI is InChI=1S/C20H30O5/c1-10-11-4-5-12-19(9-21)13(18(2,3)7-6-14(19)22)8-15(23)20(12,16(10)24)17(11)25/h11-15,17,21-23,25H,1,4-9H2,2-3H3/t11?,12-,13+,14-,15+,17-,19-,20-/m0/s1. The van der Waals surface area contributed by atoms with Crippen LogP contribution < -0.4 is 0 Å². The topological polar surface area (TPSA) is 98.0 Å². The summed E-state index contributed by atoms with van der Waals surface area (Å²) in [5.74, 6) is -1.07. The molecule has 4 fully saturated rings. The van der Waals surface area contributed by atoms with Crippen LogP contribution in [0.1, 0.15) is 46.0 Å². The molecule has 0 aliphatic heterocycles. The Balaban J connectivity index is 1.94. The summed E-state index contributed by atoms with van der Waals surface area (Å²) in [4.78, 5) is 13.2. The minimum absolute atomic E-state index is 0.0928. The molecule has 4 rings (SSSR count). The maximum Gasteiger partial charge on any atom is 0.170 e. The molecule has 0 amide bonds. The van der Waals surface area contributed by atoms with E-state index < -0.39 is 35.1 Å². The third-order valence-electron chi connectivity index (χ3n) is 8.55. The monoisotopic (exact) mass is 350 g/mol. The fourth-order valence-corrected chi connectivity index (χ4v) is 7.35. The van der Waals surface area contributed by atoms with Crippen LogP contribution in [-0.4, -0.2) is 51.1 Å². The van der Waals surface area contributed by atoms with Crippen molar-refractivity contribution in [3.63, 3.8) is 0 Å². The Hall–Kier alpha value is -0.750. The predicted molar refractivity (Wildman–Crippen MR) is 91.5 cm³/mol. The largest absolute Gasteiger partial charge is 0.396 e. The lowest BCUT2D eigenvalue weighted by Gasteiger charge is -2.66. The summed E-state index contributed by atoms with van der Waals surface area (Å²) in [5.41, 5.74) is -1.91. The molecule has 0 aromatic rings. The van der Waals surface area contributed by atoms with Gasteiger partial charge in [-0.1, -0.05) is 20.4 Å². The maximum atomic E-state index is 13.2. The average Bonchev–Trinajstić information content (AvgIpc) is 2.68. The van der Waals surface area contributed by atoms with Gasteiger partial charge in [0, 0.05) is 11.3 Å². The summed E-state index contributed by atoms with van der Waals surface area (Å²) < 4.78 is 0. The Morgan fingerprint density at radius 1 is 1.08 bits per heavy atom. The van der Waals surface area contributed by atoms with Gasteiger partial charge in [0.1, 0.15) is 0 Å². The molecule has 25 heavy (non-hydrogen) atoms. The average molecular weight is 350 g/mol. The van der Waals surface area contributed by atoms with E-state index in [1.807, 2.05) is 0 Å². The van der Waals surface area contributed by atoms with Gasteiger partial charge in [-0.25, -0.2) is 0 Å². The van der Waals surface area contributed by atoms with Crippen molar-refractivity contribution in [1.29, 1.82) is 0 Å². The molecule has 4 N–H and O–H groups in total. The van der Waals surface area contributed by atoms with Crippen molar-refractivity contribution in [3.8, 4) is 0 Å². The first-order valence-corrected chi connectivity index (χ1v) is 9.54. The lowest BCUT2D eigenvalue weighted by atomic mass is 9.38. The number of fused-ring (bicyclic) bond motifs is 3. The molecule has 4 aliphatic carbocycles. The highest BCUT2D eigenvalue weighted by molar-refractivity contribution is 6.04.